The Labute approximate surface area is 167 Å². The fraction of sp³-hybridized carbons (Fsp3) is 0.318. The van der Waals surface area contributed by atoms with Gasteiger partial charge in [-0.3, -0.25) is 4.90 Å². The van der Waals surface area contributed by atoms with Gasteiger partial charge in [0.1, 0.15) is 12.6 Å². The third-order valence-corrected chi connectivity index (χ3v) is 5.43. The summed E-state index contributed by atoms with van der Waals surface area (Å²) in [6.45, 7) is -0.169. The number of carbonyl (C=O) groups excluding carboxylic acids is 2. The molecule has 7 heteroatoms. The van der Waals surface area contributed by atoms with Crippen molar-refractivity contribution in [2.45, 2.75) is 24.8 Å². The second-order valence-electron chi connectivity index (χ2n) is 7.16. The van der Waals surface area contributed by atoms with Gasteiger partial charge in [-0.1, -0.05) is 48.5 Å². The minimum Gasteiger partial charge on any atom is -0.479 e. The summed E-state index contributed by atoms with van der Waals surface area (Å²) in [5.41, 5.74) is 4.50. The number of fused-ring (bicyclic) bond motifs is 3. The van der Waals surface area contributed by atoms with E-state index >= 15 is 0 Å². The maximum absolute atomic E-state index is 12.7. The average Bonchev–Trinajstić information content (AvgIpc) is 3.34. The van der Waals surface area contributed by atoms with E-state index in [1.54, 1.807) is 0 Å². The molecule has 1 saturated heterocycles. The highest BCUT2D eigenvalue weighted by Gasteiger charge is 2.37. The Morgan fingerprint density at radius 3 is 2.21 bits per heavy atom. The van der Waals surface area contributed by atoms with Gasteiger partial charge < -0.3 is 14.6 Å². The molecule has 1 N–H and O–H groups in total. The first-order valence-electron chi connectivity index (χ1n) is 9.56. The first-order chi connectivity index (χ1) is 14.1. The molecule has 1 aliphatic heterocycles. The lowest BCUT2D eigenvalue weighted by Crippen LogP contribution is -2.42. The Balaban J connectivity index is 1.44. The van der Waals surface area contributed by atoms with E-state index in [0.717, 1.165) is 22.3 Å². The summed E-state index contributed by atoms with van der Waals surface area (Å²) in [5, 5.41) is 8.66. The van der Waals surface area contributed by atoms with Gasteiger partial charge in [0.2, 0.25) is 0 Å². The van der Waals surface area contributed by atoms with E-state index in [0.29, 0.717) is 19.4 Å². The Kier molecular flexibility index (Phi) is 5.20. The molecule has 7 nitrogen and oxygen atoms in total. The van der Waals surface area contributed by atoms with Crippen LogP contribution in [-0.4, -0.2) is 53.8 Å². The summed E-state index contributed by atoms with van der Waals surface area (Å²) in [4.78, 5) is 36.7. The van der Waals surface area contributed by atoms with Crippen LogP contribution in [0.1, 0.15) is 29.9 Å². The summed E-state index contributed by atoms with van der Waals surface area (Å²) in [5.74, 6) is -2.01. The fourth-order valence-corrected chi connectivity index (χ4v) is 4.14. The molecule has 150 valence electrons. The van der Waals surface area contributed by atoms with Crippen LogP contribution in [0.4, 0.5) is 4.79 Å². The van der Waals surface area contributed by atoms with Gasteiger partial charge in [0.25, 0.3) is 0 Å². The van der Waals surface area contributed by atoms with Gasteiger partial charge in [-0.05, 0) is 35.1 Å². The van der Waals surface area contributed by atoms with Crippen LogP contribution in [0.25, 0.3) is 11.1 Å². The Bertz CT molecular complexity index is 910. The minimum atomic E-state index is -1.23. The normalized spacial score (nSPS) is 17.5. The quantitative estimate of drug-likeness (QED) is 0.783. The van der Waals surface area contributed by atoms with Crippen molar-refractivity contribution in [3.63, 3.8) is 0 Å². The van der Waals surface area contributed by atoms with Crippen LogP contribution in [0, 0.1) is 0 Å². The smallest absolute Gasteiger partial charge is 0.410 e. The zero-order valence-corrected chi connectivity index (χ0v) is 15.7. The SMILES string of the molecule is O=C(O)COC(=O)C1CCCN1C(=O)OCC1c2ccccc2-c2ccccc21. The van der Waals surface area contributed by atoms with E-state index in [1.807, 2.05) is 36.4 Å². The third kappa shape index (κ3) is 3.68. The number of esters is 1. The molecule has 2 aromatic rings. The zero-order valence-electron chi connectivity index (χ0n) is 15.7. The van der Waals surface area contributed by atoms with Crippen molar-refractivity contribution in [2.24, 2.45) is 0 Å². The number of hydrogen-bond donors (Lipinski definition) is 1. The molecule has 0 radical (unpaired) electrons. The van der Waals surface area contributed by atoms with Crippen LogP contribution >= 0.6 is 0 Å². The van der Waals surface area contributed by atoms with Gasteiger partial charge in [0.15, 0.2) is 6.61 Å². The predicted molar refractivity (Wildman–Crippen MR) is 103 cm³/mol. The van der Waals surface area contributed by atoms with Crippen LogP contribution in [-0.2, 0) is 19.1 Å². The first kappa shape index (κ1) is 19.0. The van der Waals surface area contributed by atoms with Crippen molar-refractivity contribution in [2.75, 3.05) is 19.8 Å². The zero-order chi connectivity index (χ0) is 20.4. The van der Waals surface area contributed by atoms with E-state index < -0.39 is 30.7 Å². The second-order valence-corrected chi connectivity index (χ2v) is 7.16. The van der Waals surface area contributed by atoms with Crippen molar-refractivity contribution in [1.29, 1.82) is 0 Å². The number of carboxylic acids is 1. The van der Waals surface area contributed by atoms with E-state index in [4.69, 9.17) is 14.6 Å². The molecule has 2 aromatic carbocycles. The number of benzene rings is 2. The molecule has 1 amide bonds. The van der Waals surface area contributed by atoms with Gasteiger partial charge in [0.05, 0.1) is 0 Å². The van der Waals surface area contributed by atoms with Crippen LogP contribution in [0.2, 0.25) is 0 Å². The molecule has 29 heavy (non-hydrogen) atoms. The van der Waals surface area contributed by atoms with E-state index in [-0.39, 0.29) is 12.5 Å². The first-order valence-corrected chi connectivity index (χ1v) is 9.56. The summed E-state index contributed by atoms with van der Waals surface area (Å²) in [7, 11) is 0. The number of aliphatic carboxylic acids is 1. The Morgan fingerprint density at radius 2 is 1.59 bits per heavy atom. The number of ether oxygens (including phenoxy) is 2. The highest BCUT2D eigenvalue weighted by Crippen LogP contribution is 2.44. The van der Waals surface area contributed by atoms with Crippen molar-refractivity contribution in [3.8, 4) is 11.1 Å². The van der Waals surface area contributed by atoms with E-state index in [9.17, 15) is 14.4 Å². The largest absolute Gasteiger partial charge is 0.479 e. The van der Waals surface area contributed by atoms with Crippen LogP contribution in [0.5, 0.6) is 0 Å². The van der Waals surface area contributed by atoms with Crippen LogP contribution in [0.3, 0.4) is 0 Å². The molecule has 0 aromatic heterocycles. The maximum Gasteiger partial charge on any atom is 0.410 e. The summed E-state index contributed by atoms with van der Waals surface area (Å²) < 4.78 is 10.3. The number of carbonyl (C=O) groups is 3. The molecule has 0 spiro atoms. The third-order valence-electron chi connectivity index (χ3n) is 5.43. The molecule has 1 atom stereocenters. The molecule has 1 aliphatic carbocycles. The van der Waals surface area contributed by atoms with E-state index in [1.165, 1.54) is 4.90 Å². The van der Waals surface area contributed by atoms with Crippen LogP contribution < -0.4 is 0 Å². The highest BCUT2D eigenvalue weighted by molar-refractivity contribution is 5.84. The molecule has 1 heterocycles. The van der Waals surface area contributed by atoms with Gasteiger partial charge in [0, 0.05) is 12.5 Å². The molecule has 1 unspecified atom stereocenters. The molecular formula is C22H21NO6. The van der Waals surface area contributed by atoms with Crippen molar-refractivity contribution < 1.29 is 29.0 Å². The van der Waals surface area contributed by atoms with Gasteiger partial charge in [-0.15, -0.1) is 0 Å². The molecule has 0 saturated carbocycles. The summed E-state index contributed by atoms with van der Waals surface area (Å²) >= 11 is 0. The van der Waals surface area contributed by atoms with Gasteiger partial charge >= 0.3 is 18.0 Å². The van der Waals surface area contributed by atoms with Crippen LogP contribution in [0.15, 0.2) is 48.5 Å². The number of hydrogen-bond acceptors (Lipinski definition) is 5. The topological polar surface area (TPSA) is 93.1 Å². The van der Waals surface area contributed by atoms with Gasteiger partial charge in [-0.2, -0.15) is 0 Å². The van der Waals surface area contributed by atoms with E-state index in [2.05, 4.69) is 12.1 Å². The number of carboxylic acid groups (broad SMARTS) is 1. The predicted octanol–water partition coefficient (Wildman–Crippen LogP) is 3.03. The van der Waals surface area contributed by atoms with Crippen molar-refractivity contribution in [1.82, 2.24) is 4.90 Å². The Hall–Kier alpha value is -3.35. The number of rotatable bonds is 5. The summed E-state index contributed by atoms with van der Waals surface area (Å²) in [6.07, 6.45) is 0.487. The number of nitrogens with zero attached hydrogens (tertiary/aromatic N) is 1. The second kappa shape index (κ2) is 7.95. The number of amides is 1. The lowest BCUT2D eigenvalue weighted by molar-refractivity contribution is -0.158. The monoisotopic (exact) mass is 395 g/mol. The molecule has 4 rings (SSSR count). The summed E-state index contributed by atoms with van der Waals surface area (Å²) in [6, 6.07) is 15.3. The highest BCUT2D eigenvalue weighted by atomic mass is 16.6. The molecule has 2 aliphatic rings. The standard InChI is InChI=1S/C22H21NO6/c24-20(25)13-28-21(26)19-10-5-11-23(19)22(27)29-12-18-16-8-3-1-6-14(16)15-7-2-4-9-17(15)18/h1-4,6-9,18-19H,5,10-13H2,(H,24,25). The minimum absolute atomic E-state index is 0.0636. The molecule has 0 bridgehead atoms. The lowest BCUT2D eigenvalue weighted by atomic mass is 9.98. The number of likely N-dealkylation sites (tertiary alicyclic amines) is 1. The lowest BCUT2D eigenvalue weighted by Gasteiger charge is -2.23. The van der Waals surface area contributed by atoms with Crippen molar-refractivity contribution in [3.05, 3.63) is 59.7 Å². The molecular weight excluding hydrogens is 374 g/mol. The van der Waals surface area contributed by atoms with Gasteiger partial charge in [-0.25, -0.2) is 14.4 Å². The van der Waals surface area contributed by atoms with Crippen molar-refractivity contribution >= 4 is 18.0 Å². The maximum atomic E-state index is 12.7. The fourth-order valence-electron chi connectivity index (χ4n) is 4.14. The Morgan fingerprint density at radius 1 is 0.966 bits per heavy atom. The average molecular weight is 395 g/mol. The molecule has 1 fully saturated rings.